The molecule has 1 N–H and O–H groups in total. The summed E-state index contributed by atoms with van der Waals surface area (Å²) in [5.41, 5.74) is 0.898. The third kappa shape index (κ3) is 5.12. The van der Waals surface area contributed by atoms with E-state index in [1.54, 1.807) is 21.0 Å². The summed E-state index contributed by atoms with van der Waals surface area (Å²) in [7, 11) is 1.59. The van der Waals surface area contributed by atoms with Gasteiger partial charge < -0.3 is 15.0 Å². The first-order valence-electron chi connectivity index (χ1n) is 11.8. The number of methoxy groups -OCH3 is 1. The first kappa shape index (κ1) is 26.5. The van der Waals surface area contributed by atoms with Gasteiger partial charge in [-0.1, -0.05) is 31.0 Å². The summed E-state index contributed by atoms with van der Waals surface area (Å²) >= 11 is 0. The molecule has 0 unspecified atom stereocenters. The molecule has 0 amide bonds. The van der Waals surface area contributed by atoms with Crippen LogP contribution in [0.15, 0.2) is 24.3 Å². The molecule has 0 radical (unpaired) electrons. The predicted octanol–water partition coefficient (Wildman–Crippen LogP) is 6.02. The molecule has 1 aliphatic rings. The van der Waals surface area contributed by atoms with E-state index < -0.39 is 23.8 Å². The Labute approximate surface area is 203 Å². The SMILES string of the molecule is COc1nc2nc(C)nc(N[C@H](C)c3cccc(C(F)F)c3F)c2cc1[C-]1CCN(C(C)C)CC1.[Cm]. The minimum Gasteiger partial charge on any atom is -0.537 e. The summed E-state index contributed by atoms with van der Waals surface area (Å²) in [6.07, 6.45) is -1.08. The van der Waals surface area contributed by atoms with Gasteiger partial charge in [0.25, 0.3) is 6.43 Å². The molecule has 2 aromatic heterocycles. The molecule has 10 heteroatoms. The van der Waals surface area contributed by atoms with E-state index in [2.05, 4.69) is 39.0 Å². The number of alkyl halides is 2. The van der Waals surface area contributed by atoms with Crippen LogP contribution in [0.1, 0.15) is 68.6 Å². The van der Waals surface area contributed by atoms with Crippen LogP contribution in [-0.4, -0.2) is 46.1 Å². The molecule has 1 aliphatic heterocycles. The Hall–Kier alpha value is -4.07. The maximum absolute atomic E-state index is 14.8. The zero-order valence-corrected chi connectivity index (χ0v) is 24.0. The third-order valence-electron chi connectivity index (χ3n) is 6.58. The van der Waals surface area contributed by atoms with Crippen LogP contribution < -0.4 is 10.1 Å². The van der Waals surface area contributed by atoms with E-state index >= 15 is 0 Å². The number of ether oxygens (including phenoxy) is 1. The standard InChI is InChI=1S/C26H31F3N5O.Cm/c1-14(2)34-11-9-17(10-12-34)20-13-21-24(31-16(4)32-25(21)33-26(20)35-5)30-15(3)18-7-6-8-19(22(18)27)23(28)29;/h6-8,13-15,23H,9-12H2,1-5H3,(H,30,31,32,33);/q-1;/t15-;/m1./s1. The third-order valence-corrected chi connectivity index (χ3v) is 6.58. The van der Waals surface area contributed by atoms with Crippen LogP contribution in [0.4, 0.5) is 19.0 Å². The molecule has 1 fully saturated rings. The molecule has 0 bridgehead atoms. The van der Waals surface area contributed by atoms with Gasteiger partial charge in [0.1, 0.15) is 29.0 Å². The number of pyridine rings is 1. The Bertz CT molecular complexity index is 1200. The van der Waals surface area contributed by atoms with Crippen LogP contribution in [0, 0.1) is 18.7 Å². The van der Waals surface area contributed by atoms with Crippen LogP contribution in [0.25, 0.3) is 11.0 Å². The van der Waals surface area contributed by atoms with Crippen molar-refractivity contribution in [1.29, 1.82) is 0 Å². The van der Waals surface area contributed by atoms with Gasteiger partial charge in [-0.15, -0.1) is 11.6 Å². The molecule has 1 aromatic carbocycles. The van der Waals surface area contributed by atoms with E-state index in [1.165, 1.54) is 18.1 Å². The quantitative estimate of drug-likeness (QED) is 0.300. The van der Waals surface area contributed by atoms with Gasteiger partial charge in [0, 0.05) is 17.0 Å². The number of hydrogen-bond acceptors (Lipinski definition) is 6. The van der Waals surface area contributed by atoms with Crippen LogP contribution >= 0.6 is 0 Å². The number of piperidine rings is 1. The Morgan fingerprint density at radius 3 is 2.33 bits per heavy atom. The Morgan fingerprint density at radius 1 is 1.06 bits per heavy atom. The molecular weight excluding hydrogens is 702 g/mol. The molecule has 3 heterocycles. The van der Waals surface area contributed by atoms with Crippen molar-refractivity contribution in [3.8, 4) is 5.88 Å². The number of anilines is 1. The van der Waals surface area contributed by atoms with E-state index in [-0.39, 0.29) is 5.56 Å². The summed E-state index contributed by atoms with van der Waals surface area (Å²) in [5, 5.41) is 3.87. The summed E-state index contributed by atoms with van der Waals surface area (Å²) in [5.74, 6) is 1.81. The van der Waals surface area contributed by atoms with Crippen LogP contribution in [0.3, 0.4) is 0 Å². The number of aromatic nitrogens is 3. The Morgan fingerprint density at radius 2 is 1.72 bits per heavy atom. The first-order valence-corrected chi connectivity index (χ1v) is 11.8. The van der Waals surface area contributed by atoms with Crippen molar-refractivity contribution in [3.05, 3.63) is 58.5 Å². The molecule has 0 spiro atoms. The number of fused-ring (bicyclic) bond motifs is 1. The molecule has 1 saturated heterocycles. The van der Waals surface area contributed by atoms with E-state index in [9.17, 15) is 13.2 Å². The zero-order valence-electron chi connectivity index (χ0n) is 21.1. The Kier molecular flexibility index (Phi) is 7.87. The monoisotopic (exact) mass is 729 g/mol. The molecular formula is C26H31CmF3N5O-. The molecule has 0 aliphatic carbocycles. The average molecular weight is 734 g/mol. The van der Waals surface area contributed by atoms with Gasteiger partial charge in [-0.2, -0.15) is 5.92 Å². The molecule has 4 rings (SSSR count). The zero-order chi connectivity index (χ0) is 25.3. The fourth-order valence-corrected chi connectivity index (χ4v) is 4.60. The van der Waals surface area contributed by atoms with E-state index in [0.717, 1.165) is 37.6 Å². The van der Waals surface area contributed by atoms with Gasteiger partial charge in [0.05, 0.1) is 18.7 Å². The van der Waals surface area contributed by atoms with Crippen molar-refractivity contribution in [2.45, 2.75) is 59.0 Å². The number of aryl methyl sites for hydroxylation is 1. The average Bonchev–Trinajstić information content (AvgIpc) is 2.83. The summed E-state index contributed by atoms with van der Waals surface area (Å²) in [6, 6.07) is 5.89. The fourth-order valence-electron chi connectivity index (χ4n) is 4.60. The van der Waals surface area contributed by atoms with Gasteiger partial charge in [0.15, 0.2) is 0 Å². The minimum atomic E-state index is -2.89. The number of benzene rings is 1. The van der Waals surface area contributed by atoms with Crippen molar-refractivity contribution in [1.82, 2.24) is 19.9 Å². The van der Waals surface area contributed by atoms with E-state index in [4.69, 9.17) is 4.74 Å². The van der Waals surface area contributed by atoms with Crippen molar-refractivity contribution in [3.63, 3.8) is 0 Å². The van der Waals surface area contributed by atoms with Crippen molar-refractivity contribution in [2.24, 2.45) is 0 Å². The first-order chi connectivity index (χ1) is 16.7. The predicted molar refractivity (Wildman–Crippen MR) is 130 cm³/mol. The topological polar surface area (TPSA) is 63.2 Å². The summed E-state index contributed by atoms with van der Waals surface area (Å²) in [4.78, 5) is 16.1. The molecule has 3 aromatic rings. The maximum Gasteiger partial charge on any atom is 0.266 e. The second-order valence-corrected chi connectivity index (χ2v) is 9.19. The molecule has 0 saturated carbocycles. The van der Waals surface area contributed by atoms with Gasteiger partial charge in [-0.25, -0.2) is 23.1 Å². The Balaban J connectivity index is 0.00000361. The normalized spacial score (nSPS) is 15.3. The van der Waals surface area contributed by atoms with E-state index in [1.807, 2.05) is 6.07 Å². The van der Waals surface area contributed by atoms with Crippen molar-refractivity contribution < 1.29 is 17.9 Å². The molecule has 196 valence electrons. The number of nitrogens with one attached hydrogen (secondary N) is 1. The van der Waals surface area contributed by atoms with Gasteiger partial charge in [-0.3, -0.25) is 4.98 Å². The number of nitrogens with zero attached hydrogens (tertiary/aromatic N) is 4. The van der Waals surface area contributed by atoms with E-state index in [0.29, 0.717) is 34.6 Å². The van der Waals surface area contributed by atoms with Crippen LogP contribution in [0.5, 0.6) is 5.88 Å². The second-order valence-electron chi connectivity index (χ2n) is 9.19. The van der Waals surface area contributed by atoms with Crippen molar-refractivity contribution in [2.75, 3.05) is 25.5 Å². The molecule has 36 heavy (non-hydrogen) atoms. The number of rotatable bonds is 7. The smallest absolute Gasteiger partial charge is 0.266 e. The number of likely N-dealkylation sites (tertiary alicyclic amines) is 1. The fraction of sp³-hybridized carbons (Fsp3) is 0.462. The molecule has 1 atom stereocenters. The van der Waals surface area contributed by atoms with Gasteiger partial charge in [0.2, 0.25) is 0 Å². The summed E-state index contributed by atoms with van der Waals surface area (Å²) < 4.78 is 46.8. The maximum atomic E-state index is 14.8. The number of halogens is 3. The largest absolute Gasteiger partial charge is 0.537 e. The van der Waals surface area contributed by atoms with Gasteiger partial charge >= 0.3 is 0 Å². The molecule has 6 nitrogen and oxygen atoms in total. The van der Waals surface area contributed by atoms with Crippen LogP contribution in [0.2, 0.25) is 0 Å². The van der Waals surface area contributed by atoms with Gasteiger partial charge in [-0.05, 0) is 40.8 Å². The van der Waals surface area contributed by atoms with Crippen LogP contribution in [-0.2, 0) is 0 Å². The summed E-state index contributed by atoms with van der Waals surface area (Å²) in [6.45, 7) is 9.77. The minimum absolute atomic E-state index is 0. The number of hydrogen-bond donors (Lipinski definition) is 1. The second kappa shape index (κ2) is 10.7. The van der Waals surface area contributed by atoms with Crippen molar-refractivity contribution >= 4 is 16.9 Å².